The van der Waals surface area contributed by atoms with Gasteiger partial charge >= 0.3 is 0 Å². The van der Waals surface area contributed by atoms with Crippen LogP contribution in [0.2, 0.25) is 0 Å². The molecule has 0 radical (unpaired) electrons. The molecule has 1 unspecified atom stereocenters. The van der Waals surface area contributed by atoms with Gasteiger partial charge in [0, 0.05) is 29.7 Å². The highest BCUT2D eigenvalue weighted by Gasteiger charge is 2.12. The molecule has 0 aliphatic rings. The molecule has 118 valence electrons. The lowest BCUT2D eigenvalue weighted by molar-refractivity contribution is 0.0899. The fourth-order valence-electron chi connectivity index (χ4n) is 2.40. The van der Waals surface area contributed by atoms with Crippen molar-refractivity contribution in [1.82, 2.24) is 14.9 Å². The molecule has 3 aromatic rings. The number of nitrogens with zero attached hydrogens (tertiary/aromatic N) is 1. The second-order valence-electron chi connectivity index (χ2n) is 5.33. The number of fused-ring (bicyclic) bond motifs is 1. The lowest BCUT2D eigenvalue weighted by Crippen LogP contribution is -2.36. The monoisotopic (exact) mass is 311 g/mol. The zero-order valence-electron chi connectivity index (χ0n) is 12.4. The number of para-hydroxylation sites is 1. The van der Waals surface area contributed by atoms with Crippen LogP contribution >= 0.6 is 0 Å². The molecule has 6 heteroatoms. The number of benzene rings is 1. The number of aliphatic hydroxyl groups excluding tert-OH is 1. The van der Waals surface area contributed by atoms with Crippen LogP contribution in [0.5, 0.6) is 0 Å². The number of aliphatic hydroxyl groups is 1. The van der Waals surface area contributed by atoms with Crippen molar-refractivity contribution in [2.45, 2.75) is 12.6 Å². The molecule has 1 aromatic carbocycles. The van der Waals surface area contributed by atoms with Crippen LogP contribution in [0.4, 0.5) is 0 Å². The van der Waals surface area contributed by atoms with Crippen molar-refractivity contribution in [1.29, 1.82) is 0 Å². The SMILES string of the molecule is O=C(NCC(O)Cn1ccccc1=O)c1cc2ccccc2[nH]1. The van der Waals surface area contributed by atoms with Gasteiger partial charge in [-0.05, 0) is 18.2 Å². The standard InChI is InChI=1S/C17H17N3O3/c21-13(11-20-8-4-3-7-16(20)22)10-18-17(23)15-9-12-5-1-2-6-14(12)19-15/h1-9,13,19,21H,10-11H2,(H,18,23). The zero-order chi connectivity index (χ0) is 16.2. The Hall–Kier alpha value is -2.86. The van der Waals surface area contributed by atoms with Crippen molar-refractivity contribution in [3.63, 3.8) is 0 Å². The second kappa shape index (κ2) is 6.50. The summed E-state index contributed by atoms with van der Waals surface area (Å²) in [6.07, 6.45) is 0.758. The van der Waals surface area contributed by atoms with Crippen LogP contribution in [0.1, 0.15) is 10.5 Å². The summed E-state index contributed by atoms with van der Waals surface area (Å²) in [4.78, 5) is 26.7. The van der Waals surface area contributed by atoms with Crippen LogP contribution in [0.25, 0.3) is 10.9 Å². The normalized spacial score (nSPS) is 12.2. The van der Waals surface area contributed by atoms with Crippen molar-refractivity contribution in [2.75, 3.05) is 6.54 Å². The van der Waals surface area contributed by atoms with Crippen LogP contribution in [-0.4, -0.2) is 33.2 Å². The van der Waals surface area contributed by atoms with E-state index in [1.165, 1.54) is 10.6 Å². The van der Waals surface area contributed by atoms with Gasteiger partial charge in [0.2, 0.25) is 0 Å². The predicted molar refractivity (Wildman–Crippen MR) is 87.3 cm³/mol. The van der Waals surface area contributed by atoms with Crippen molar-refractivity contribution < 1.29 is 9.90 Å². The van der Waals surface area contributed by atoms with Crippen LogP contribution in [0.3, 0.4) is 0 Å². The molecule has 3 rings (SSSR count). The summed E-state index contributed by atoms with van der Waals surface area (Å²) < 4.78 is 1.40. The molecule has 0 spiro atoms. The first-order valence-electron chi connectivity index (χ1n) is 7.33. The Morgan fingerprint density at radius 1 is 1.22 bits per heavy atom. The molecule has 0 saturated heterocycles. The van der Waals surface area contributed by atoms with Gasteiger partial charge in [0.25, 0.3) is 11.5 Å². The van der Waals surface area contributed by atoms with Crippen LogP contribution in [-0.2, 0) is 6.54 Å². The van der Waals surface area contributed by atoms with Crippen molar-refractivity contribution in [2.24, 2.45) is 0 Å². The van der Waals surface area contributed by atoms with E-state index in [0.29, 0.717) is 5.69 Å². The molecular weight excluding hydrogens is 294 g/mol. The van der Waals surface area contributed by atoms with E-state index in [-0.39, 0.29) is 24.6 Å². The van der Waals surface area contributed by atoms with Crippen LogP contribution in [0, 0.1) is 0 Å². The largest absolute Gasteiger partial charge is 0.389 e. The molecule has 0 aliphatic carbocycles. The average molecular weight is 311 g/mol. The van der Waals surface area contributed by atoms with E-state index in [4.69, 9.17) is 0 Å². The molecule has 0 saturated carbocycles. The summed E-state index contributed by atoms with van der Waals surface area (Å²) in [6.45, 7) is 0.197. The fourth-order valence-corrected chi connectivity index (χ4v) is 2.40. The number of H-pyrrole nitrogens is 1. The highest BCUT2D eigenvalue weighted by atomic mass is 16.3. The molecule has 1 atom stereocenters. The number of aromatic nitrogens is 2. The highest BCUT2D eigenvalue weighted by Crippen LogP contribution is 2.14. The number of hydrogen-bond donors (Lipinski definition) is 3. The van der Waals surface area contributed by atoms with E-state index in [2.05, 4.69) is 10.3 Å². The minimum absolute atomic E-state index is 0.0650. The van der Waals surface area contributed by atoms with Gasteiger partial charge in [0.1, 0.15) is 5.69 Å². The number of carbonyl (C=O) groups excluding carboxylic acids is 1. The maximum absolute atomic E-state index is 12.1. The topological polar surface area (TPSA) is 87.1 Å². The Balaban J connectivity index is 1.60. The van der Waals surface area contributed by atoms with Gasteiger partial charge in [-0.2, -0.15) is 0 Å². The molecule has 23 heavy (non-hydrogen) atoms. The number of carbonyl (C=O) groups is 1. The maximum Gasteiger partial charge on any atom is 0.267 e. The molecule has 0 bridgehead atoms. The summed E-state index contributed by atoms with van der Waals surface area (Å²) >= 11 is 0. The summed E-state index contributed by atoms with van der Waals surface area (Å²) in [5.74, 6) is -0.291. The minimum Gasteiger partial charge on any atom is -0.389 e. The molecule has 0 fully saturated rings. The van der Waals surface area contributed by atoms with E-state index in [9.17, 15) is 14.7 Å². The van der Waals surface area contributed by atoms with Gasteiger partial charge in [0.15, 0.2) is 0 Å². The van der Waals surface area contributed by atoms with Gasteiger partial charge in [-0.25, -0.2) is 0 Å². The van der Waals surface area contributed by atoms with Gasteiger partial charge in [-0.1, -0.05) is 24.3 Å². The maximum atomic E-state index is 12.1. The molecule has 6 nitrogen and oxygen atoms in total. The third kappa shape index (κ3) is 3.49. The summed E-state index contributed by atoms with van der Waals surface area (Å²) in [5, 5.41) is 13.6. The Morgan fingerprint density at radius 3 is 2.78 bits per heavy atom. The summed E-state index contributed by atoms with van der Waals surface area (Å²) in [7, 11) is 0. The fraction of sp³-hybridized carbons (Fsp3) is 0.176. The first-order valence-corrected chi connectivity index (χ1v) is 7.33. The van der Waals surface area contributed by atoms with E-state index < -0.39 is 6.10 Å². The molecule has 2 aromatic heterocycles. The third-order valence-electron chi connectivity index (χ3n) is 3.58. The number of nitrogens with one attached hydrogen (secondary N) is 2. The number of pyridine rings is 1. The first-order chi connectivity index (χ1) is 11.1. The van der Waals surface area contributed by atoms with Crippen molar-refractivity contribution >= 4 is 16.8 Å². The minimum atomic E-state index is -0.844. The van der Waals surface area contributed by atoms with Gasteiger partial charge in [-0.3, -0.25) is 9.59 Å². The van der Waals surface area contributed by atoms with E-state index in [0.717, 1.165) is 10.9 Å². The molecule has 3 N–H and O–H groups in total. The first kappa shape index (κ1) is 15.1. The lowest BCUT2D eigenvalue weighted by atomic mass is 10.2. The number of rotatable bonds is 5. The van der Waals surface area contributed by atoms with E-state index in [1.54, 1.807) is 24.4 Å². The second-order valence-corrected chi connectivity index (χ2v) is 5.33. The average Bonchev–Trinajstić information content (AvgIpc) is 2.99. The number of hydrogen-bond acceptors (Lipinski definition) is 3. The summed E-state index contributed by atoms with van der Waals surface area (Å²) in [6, 6.07) is 14.2. The molecule has 2 heterocycles. The number of aromatic amines is 1. The van der Waals surface area contributed by atoms with Crippen molar-refractivity contribution in [3.05, 3.63) is 70.8 Å². The van der Waals surface area contributed by atoms with E-state index in [1.807, 2.05) is 24.3 Å². The zero-order valence-corrected chi connectivity index (χ0v) is 12.4. The Kier molecular flexibility index (Phi) is 4.25. The Morgan fingerprint density at radius 2 is 2.00 bits per heavy atom. The smallest absolute Gasteiger partial charge is 0.267 e. The number of amides is 1. The summed E-state index contributed by atoms with van der Waals surface area (Å²) in [5.41, 5.74) is 1.14. The Bertz CT molecular complexity index is 849. The Labute approximate surface area is 132 Å². The van der Waals surface area contributed by atoms with Gasteiger partial charge < -0.3 is 20.0 Å². The molecule has 1 amide bonds. The van der Waals surface area contributed by atoms with Gasteiger partial charge in [-0.15, -0.1) is 0 Å². The van der Waals surface area contributed by atoms with E-state index >= 15 is 0 Å². The van der Waals surface area contributed by atoms with Gasteiger partial charge in [0.05, 0.1) is 12.6 Å². The molecular formula is C17H17N3O3. The van der Waals surface area contributed by atoms with Crippen LogP contribution in [0.15, 0.2) is 59.5 Å². The quantitative estimate of drug-likeness (QED) is 0.660. The van der Waals surface area contributed by atoms with Crippen molar-refractivity contribution in [3.8, 4) is 0 Å². The third-order valence-corrected chi connectivity index (χ3v) is 3.58. The predicted octanol–water partition coefficient (Wildman–Crippen LogP) is 1.12. The lowest BCUT2D eigenvalue weighted by Gasteiger charge is -2.13. The van der Waals surface area contributed by atoms with Crippen LogP contribution < -0.4 is 10.9 Å². The molecule has 0 aliphatic heterocycles. The highest BCUT2D eigenvalue weighted by molar-refractivity contribution is 5.97.